The van der Waals surface area contributed by atoms with Crippen LogP contribution < -0.4 is 36.6 Å². The lowest BCUT2D eigenvalue weighted by Crippen LogP contribution is -2.47. The molecule has 5 rings (SSSR count). The zero-order valence-corrected chi connectivity index (χ0v) is 28.0. The second-order valence-electron chi connectivity index (χ2n) is 10.5. The number of hydrogen-bond acceptors (Lipinski definition) is 14. The molecule has 254 valence electrons. The molecule has 0 bridgehead atoms. The highest BCUT2D eigenvalue weighted by Crippen LogP contribution is 2.27. The number of carbonyl (C=O) groups excluding carboxylic acids is 1. The van der Waals surface area contributed by atoms with Gasteiger partial charge in [0.2, 0.25) is 5.95 Å². The minimum atomic E-state index is -4.10. The van der Waals surface area contributed by atoms with Gasteiger partial charge in [0.15, 0.2) is 11.1 Å². The molecule has 4 heterocycles. The van der Waals surface area contributed by atoms with Crippen LogP contribution in [0, 0.1) is 0 Å². The number of thiophene rings is 1. The Kier molecular flexibility index (Phi) is 11.2. The summed E-state index contributed by atoms with van der Waals surface area (Å²) in [5.41, 5.74) is 12.0. The van der Waals surface area contributed by atoms with E-state index in [9.17, 15) is 23.1 Å². The molecule has 20 heteroatoms. The van der Waals surface area contributed by atoms with Gasteiger partial charge in [0.05, 0.1) is 22.8 Å². The number of guanidine groups is 1. The second-order valence-corrected chi connectivity index (χ2v) is 13.9. The highest BCUT2D eigenvalue weighted by molar-refractivity contribution is 7.92. The fraction of sp³-hybridized carbons (Fsp3) is 0.321. The number of amides is 1. The fourth-order valence-corrected chi connectivity index (χ4v) is 7.55. The van der Waals surface area contributed by atoms with E-state index in [1.807, 2.05) is 5.38 Å². The van der Waals surface area contributed by atoms with Crippen molar-refractivity contribution in [2.45, 2.75) is 30.3 Å². The molecule has 1 fully saturated rings. The number of aliphatic imine (C=N–C) groups is 1. The minimum absolute atomic E-state index is 0.0229. The zero-order chi connectivity index (χ0) is 34.1. The zero-order valence-electron chi connectivity index (χ0n) is 25.5. The first kappa shape index (κ1) is 34.3. The summed E-state index contributed by atoms with van der Waals surface area (Å²) in [4.78, 5) is 49.8. The first-order valence-corrected chi connectivity index (χ1v) is 17.9. The average molecular weight is 715 g/mol. The normalized spacial score (nSPS) is 13.8. The van der Waals surface area contributed by atoms with E-state index in [-0.39, 0.29) is 34.4 Å². The Bertz CT molecular complexity index is 1840. The minimum Gasteiger partial charge on any atom is -0.480 e. The molecule has 0 unspecified atom stereocenters. The number of sulfonamides is 1. The second kappa shape index (κ2) is 15.7. The highest BCUT2D eigenvalue weighted by atomic mass is 32.2. The molecule has 0 radical (unpaired) electrons. The Morgan fingerprint density at radius 1 is 1.06 bits per heavy atom. The first-order valence-electron chi connectivity index (χ1n) is 14.7. The van der Waals surface area contributed by atoms with E-state index in [1.165, 1.54) is 36.2 Å². The molecule has 4 aromatic rings. The molecule has 8 N–H and O–H groups in total. The van der Waals surface area contributed by atoms with E-state index in [2.05, 4.69) is 45.1 Å². The van der Waals surface area contributed by atoms with Gasteiger partial charge in [0, 0.05) is 43.8 Å². The first-order chi connectivity index (χ1) is 23.1. The number of benzene rings is 1. The van der Waals surface area contributed by atoms with Gasteiger partial charge >= 0.3 is 5.97 Å². The van der Waals surface area contributed by atoms with Crippen LogP contribution in [0.4, 0.5) is 22.5 Å². The third-order valence-corrected chi connectivity index (χ3v) is 10.4. The maximum Gasteiger partial charge on any atom is 0.326 e. The molecule has 1 saturated heterocycles. The topological polar surface area (TPSA) is 247 Å². The maximum atomic E-state index is 13.3. The van der Waals surface area contributed by atoms with Crippen molar-refractivity contribution in [3.63, 3.8) is 0 Å². The van der Waals surface area contributed by atoms with Crippen molar-refractivity contribution in [2.75, 3.05) is 52.6 Å². The van der Waals surface area contributed by atoms with Gasteiger partial charge in [0.25, 0.3) is 15.9 Å². The van der Waals surface area contributed by atoms with Crippen molar-refractivity contribution in [3.05, 3.63) is 64.3 Å². The third-order valence-electron chi connectivity index (χ3n) is 7.13. The number of anilines is 4. The molecule has 1 amide bonds. The number of nitrogens with zero attached hydrogens (tertiary/aromatic N) is 7. The van der Waals surface area contributed by atoms with Crippen molar-refractivity contribution < 1.29 is 23.1 Å². The van der Waals surface area contributed by atoms with Gasteiger partial charge in [-0.05, 0) is 42.5 Å². The van der Waals surface area contributed by atoms with E-state index in [0.29, 0.717) is 24.6 Å². The maximum absolute atomic E-state index is 13.3. The van der Waals surface area contributed by atoms with Crippen LogP contribution in [0.1, 0.15) is 28.2 Å². The lowest BCUT2D eigenvalue weighted by atomic mass is 10.1. The molecule has 0 aliphatic carbocycles. The molecule has 1 aromatic carbocycles. The molecular weight excluding hydrogens is 681 g/mol. The predicted molar refractivity (Wildman–Crippen MR) is 184 cm³/mol. The molecule has 1 aliphatic rings. The number of aromatic nitrogens is 4. The quantitative estimate of drug-likeness (QED) is 0.0579. The number of aliphatic carboxylic acids is 1. The van der Waals surface area contributed by atoms with Gasteiger partial charge in [-0.3, -0.25) is 14.5 Å². The monoisotopic (exact) mass is 714 g/mol. The standard InChI is InChI=1S/C28H34N12O5S3/c29-26(30)32-7-2-5-22(25(42)43)37-24(41)23-21(6-12-46-23)38-48(44,45)20-4-1-3-18(13-20)33-14-19-15-47-28(36-19)40-10-8-39(9-11-40)27-34-16-31-17-35-27/h1,3-4,6,12-13,15-17,22,33,38H,2,5,7-11,14H2,(H,37,41)(H,42,43)(H4,29,30,32)/t22-/m0/s1. The summed E-state index contributed by atoms with van der Waals surface area (Å²) in [6.45, 7) is 3.64. The highest BCUT2D eigenvalue weighted by Gasteiger charge is 2.25. The Balaban J connectivity index is 1.16. The lowest BCUT2D eigenvalue weighted by Gasteiger charge is -2.34. The number of rotatable bonds is 15. The molecule has 3 aromatic heterocycles. The summed E-state index contributed by atoms with van der Waals surface area (Å²) in [5.74, 6) is -1.41. The number of nitrogens with two attached hydrogens (primary N) is 2. The van der Waals surface area contributed by atoms with Crippen molar-refractivity contribution in [2.24, 2.45) is 16.5 Å². The molecule has 1 aliphatic heterocycles. The van der Waals surface area contributed by atoms with E-state index in [4.69, 9.17) is 16.5 Å². The SMILES string of the molecule is NC(N)=NCCC[C@H](NC(=O)c1sccc1NS(=O)(=O)c1cccc(NCc2csc(N3CCN(c4ncncn4)CC3)n2)c1)C(=O)O. The van der Waals surface area contributed by atoms with Gasteiger partial charge < -0.3 is 37.0 Å². The average Bonchev–Trinajstić information content (AvgIpc) is 3.75. The number of thiazole rings is 1. The van der Waals surface area contributed by atoms with Gasteiger partial charge in [-0.15, -0.1) is 22.7 Å². The van der Waals surface area contributed by atoms with Crippen LogP contribution >= 0.6 is 22.7 Å². The predicted octanol–water partition coefficient (Wildman–Crippen LogP) is 1.37. The summed E-state index contributed by atoms with van der Waals surface area (Å²) in [6, 6.07) is 6.51. The number of carboxylic acids is 1. The van der Waals surface area contributed by atoms with Gasteiger partial charge in [-0.2, -0.15) is 0 Å². The summed E-state index contributed by atoms with van der Waals surface area (Å²) in [5, 5.41) is 19.6. The summed E-state index contributed by atoms with van der Waals surface area (Å²) < 4.78 is 29.1. The van der Waals surface area contributed by atoms with Crippen LogP contribution in [0.15, 0.2) is 63.6 Å². The van der Waals surface area contributed by atoms with Crippen LogP contribution in [0.2, 0.25) is 0 Å². The van der Waals surface area contributed by atoms with E-state index in [1.54, 1.807) is 23.5 Å². The van der Waals surface area contributed by atoms with E-state index >= 15 is 0 Å². The Morgan fingerprint density at radius 2 is 1.81 bits per heavy atom. The Morgan fingerprint density at radius 3 is 2.54 bits per heavy atom. The molecular formula is C28H34N12O5S3. The van der Waals surface area contributed by atoms with Crippen molar-refractivity contribution in [1.29, 1.82) is 0 Å². The van der Waals surface area contributed by atoms with Gasteiger partial charge in [-0.25, -0.2) is 33.1 Å². The summed E-state index contributed by atoms with van der Waals surface area (Å²) >= 11 is 2.52. The Hall–Kier alpha value is -5.08. The molecule has 48 heavy (non-hydrogen) atoms. The van der Waals surface area contributed by atoms with E-state index < -0.39 is 27.9 Å². The van der Waals surface area contributed by atoms with Crippen molar-refractivity contribution in [1.82, 2.24) is 25.3 Å². The number of hydrogen-bond donors (Lipinski definition) is 6. The molecule has 1 atom stereocenters. The number of carbonyl (C=O) groups is 2. The van der Waals surface area contributed by atoms with Crippen LogP contribution in [0.3, 0.4) is 0 Å². The third kappa shape index (κ3) is 9.04. The van der Waals surface area contributed by atoms with Crippen LogP contribution in [-0.4, -0.2) is 90.1 Å². The molecule has 0 spiro atoms. The number of carboxylic acid groups (broad SMARTS) is 1. The van der Waals surface area contributed by atoms with Gasteiger partial charge in [-0.1, -0.05) is 6.07 Å². The number of piperazine rings is 1. The largest absolute Gasteiger partial charge is 0.480 e. The molecule has 0 saturated carbocycles. The summed E-state index contributed by atoms with van der Waals surface area (Å²) in [6.07, 6.45) is 3.36. The van der Waals surface area contributed by atoms with Crippen LogP contribution in [0.25, 0.3) is 0 Å². The molecule has 17 nitrogen and oxygen atoms in total. The summed E-state index contributed by atoms with van der Waals surface area (Å²) in [7, 11) is -4.10. The van der Waals surface area contributed by atoms with Crippen LogP contribution in [-0.2, 0) is 21.4 Å². The Labute approximate surface area is 284 Å². The van der Waals surface area contributed by atoms with Crippen molar-refractivity contribution >= 4 is 73.0 Å². The lowest BCUT2D eigenvalue weighted by molar-refractivity contribution is -0.139. The fourth-order valence-electron chi connectivity index (χ4n) is 4.74. The van der Waals surface area contributed by atoms with Crippen LogP contribution in [0.5, 0.6) is 0 Å². The van der Waals surface area contributed by atoms with E-state index in [0.717, 1.165) is 48.3 Å². The van der Waals surface area contributed by atoms with Gasteiger partial charge in [0.1, 0.15) is 23.6 Å². The van der Waals surface area contributed by atoms with Crippen molar-refractivity contribution in [3.8, 4) is 0 Å². The smallest absolute Gasteiger partial charge is 0.326 e. The number of nitrogens with one attached hydrogen (secondary N) is 3.